The number of carbonyl (C=O) groups is 3. The van der Waals surface area contributed by atoms with Gasteiger partial charge in [0, 0.05) is 19.6 Å². The maximum Gasteiger partial charge on any atom is 0.322 e. The van der Waals surface area contributed by atoms with Gasteiger partial charge in [0.15, 0.2) is 0 Å². The molecular formula is C20H24FN5O4. The minimum absolute atomic E-state index is 0.134. The number of morpholine rings is 1. The molecule has 4 amide bonds. The van der Waals surface area contributed by atoms with Crippen molar-refractivity contribution >= 4 is 17.8 Å². The molecule has 1 aromatic rings. The van der Waals surface area contributed by atoms with Gasteiger partial charge in [0.25, 0.3) is 11.8 Å². The van der Waals surface area contributed by atoms with Gasteiger partial charge in [0.2, 0.25) is 0 Å². The molecule has 0 bridgehead atoms. The van der Waals surface area contributed by atoms with Gasteiger partial charge in [-0.25, -0.2) is 14.2 Å². The van der Waals surface area contributed by atoms with Crippen molar-refractivity contribution in [1.29, 1.82) is 0 Å². The molecule has 1 atom stereocenters. The third-order valence-electron chi connectivity index (χ3n) is 5.42. The number of amides is 4. The highest BCUT2D eigenvalue weighted by Gasteiger charge is 2.44. The number of hydrogen-bond donors (Lipinski definition) is 2. The summed E-state index contributed by atoms with van der Waals surface area (Å²) in [5.74, 6) is -1.10. The van der Waals surface area contributed by atoms with Crippen molar-refractivity contribution in [3.63, 3.8) is 0 Å². The Morgan fingerprint density at radius 2 is 2.07 bits per heavy atom. The van der Waals surface area contributed by atoms with Crippen LogP contribution in [0.25, 0.3) is 0 Å². The van der Waals surface area contributed by atoms with Crippen molar-refractivity contribution in [3.8, 4) is 0 Å². The standard InChI is InChI=1S/C20H24FN5O4/c1-2-26-15-11-24(12-16(27)23-25-6-8-30-9-7-25)19(28)17(15)18(22-20(26)29)13-4-3-5-14(21)10-13/h3-5,10,18H,2,6-9,11-12H2,1H3,(H,22,29)(H,23,27). The number of hydrogen-bond acceptors (Lipinski definition) is 5. The predicted molar refractivity (Wildman–Crippen MR) is 104 cm³/mol. The molecule has 1 aromatic carbocycles. The van der Waals surface area contributed by atoms with Gasteiger partial charge in [-0.15, -0.1) is 0 Å². The van der Waals surface area contributed by atoms with E-state index in [-0.39, 0.29) is 30.9 Å². The minimum Gasteiger partial charge on any atom is -0.379 e. The van der Waals surface area contributed by atoms with Crippen LogP contribution in [0.3, 0.4) is 0 Å². The van der Waals surface area contributed by atoms with E-state index in [1.807, 2.05) is 6.92 Å². The molecule has 2 N–H and O–H groups in total. The van der Waals surface area contributed by atoms with E-state index in [0.717, 1.165) is 0 Å². The fourth-order valence-corrected chi connectivity index (χ4v) is 4.01. The molecule has 10 heteroatoms. The van der Waals surface area contributed by atoms with Crippen LogP contribution >= 0.6 is 0 Å². The van der Waals surface area contributed by atoms with Crippen LogP contribution in [-0.4, -0.2) is 78.6 Å². The number of rotatable bonds is 5. The van der Waals surface area contributed by atoms with Gasteiger partial charge >= 0.3 is 6.03 Å². The smallest absolute Gasteiger partial charge is 0.322 e. The number of halogens is 1. The molecule has 1 saturated heterocycles. The zero-order valence-electron chi connectivity index (χ0n) is 16.7. The fraction of sp³-hybridized carbons (Fsp3) is 0.450. The Morgan fingerprint density at radius 1 is 1.30 bits per heavy atom. The second-order valence-electron chi connectivity index (χ2n) is 7.34. The fourth-order valence-electron chi connectivity index (χ4n) is 4.01. The molecule has 160 valence electrons. The normalized spacial score (nSPS) is 22.3. The Hall–Kier alpha value is -2.98. The molecule has 0 aromatic heterocycles. The van der Waals surface area contributed by atoms with Crippen LogP contribution < -0.4 is 10.7 Å². The summed E-state index contributed by atoms with van der Waals surface area (Å²) in [6.45, 7) is 4.44. The van der Waals surface area contributed by atoms with E-state index < -0.39 is 11.9 Å². The molecule has 0 aliphatic carbocycles. The van der Waals surface area contributed by atoms with Crippen LogP contribution in [0.2, 0.25) is 0 Å². The second-order valence-corrected chi connectivity index (χ2v) is 7.34. The van der Waals surface area contributed by atoms with Crippen LogP contribution in [0.4, 0.5) is 9.18 Å². The molecule has 3 aliphatic heterocycles. The molecule has 0 spiro atoms. The maximum absolute atomic E-state index is 13.8. The highest BCUT2D eigenvalue weighted by Crippen LogP contribution is 2.36. The molecule has 0 saturated carbocycles. The number of nitrogens with zero attached hydrogens (tertiary/aromatic N) is 3. The van der Waals surface area contributed by atoms with Gasteiger partial charge in [0.05, 0.1) is 37.1 Å². The van der Waals surface area contributed by atoms with E-state index in [0.29, 0.717) is 49.7 Å². The van der Waals surface area contributed by atoms with Gasteiger partial charge < -0.3 is 15.0 Å². The molecular weight excluding hydrogens is 393 g/mol. The first-order valence-electron chi connectivity index (χ1n) is 9.96. The van der Waals surface area contributed by atoms with Crippen molar-refractivity contribution in [2.45, 2.75) is 13.0 Å². The van der Waals surface area contributed by atoms with E-state index in [9.17, 15) is 18.8 Å². The third kappa shape index (κ3) is 3.88. The predicted octanol–water partition coefficient (Wildman–Crippen LogP) is 0.372. The van der Waals surface area contributed by atoms with Crippen LogP contribution in [0.1, 0.15) is 18.5 Å². The number of hydrazine groups is 1. The Morgan fingerprint density at radius 3 is 2.77 bits per heavy atom. The number of benzene rings is 1. The lowest BCUT2D eigenvalue weighted by molar-refractivity contribution is -0.135. The lowest BCUT2D eigenvalue weighted by Crippen LogP contribution is -2.51. The monoisotopic (exact) mass is 417 g/mol. The summed E-state index contributed by atoms with van der Waals surface area (Å²) >= 11 is 0. The Balaban J connectivity index is 1.54. The van der Waals surface area contributed by atoms with E-state index >= 15 is 0 Å². The van der Waals surface area contributed by atoms with Crippen LogP contribution in [0.15, 0.2) is 35.5 Å². The molecule has 1 fully saturated rings. The summed E-state index contributed by atoms with van der Waals surface area (Å²) in [6.07, 6.45) is 0. The number of carbonyl (C=O) groups excluding carboxylic acids is 3. The van der Waals surface area contributed by atoms with E-state index in [2.05, 4.69) is 10.7 Å². The third-order valence-corrected chi connectivity index (χ3v) is 5.42. The average molecular weight is 417 g/mol. The van der Waals surface area contributed by atoms with Gasteiger partial charge in [0.1, 0.15) is 12.4 Å². The number of likely N-dealkylation sites (N-methyl/N-ethyl adjacent to an activating group) is 1. The highest BCUT2D eigenvalue weighted by atomic mass is 19.1. The number of nitrogens with one attached hydrogen (secondary N) is 2. The van der Waals surface area contributed by atoms with Crippen molar-refractivity contribution in [3.05, 3.63) is 46.9 Å². The first-order chi connectivity index (χ1) is 14.5. The molecule has 1 unspecified atom stereocenters. The topological polar surface area (TPSA) is 94.2 Å². The number of ether oxygens (including phenoxy) is 1. The molecule has 3 heterocycles. The van der Waals surface area contributed by atoms with Crippen molar-refractivity contribution < 1.29 is 23.5 Å². The van der Waals surface area contributed by atoms with Crippen molar-refractivity contribution in [2.24, 2.45) is 0 Å². The Kier molecular flexibility index (Phi) is 5.69. The molecule has 3 aliphatic rings. The van der Waals surface area contributed by atoms with Crippen LogP contribution in [0.5, 0.6) is 0 Å². The molecule has 0 radical (unpaired) electrons. The van der Waals surface area contributed by atoms with Crippen LogP contribution in [0, 0.1) is 5.82 Å². The first-order valence-corrected chi connectivity index (χ1v) is 9.96. The zero-order chi connectivity index (χ0) is 21.3. The second kappa shape index (κ2) is 8.41. The van der Waals surface area contributed by atoms with Gasteiger partial charge in [-0.05, 0) is 24.6 Å². The van der Waals surface area contributed by atoms with Gasteiger partial charge in [-0.1, -0.05) is 12.1 Å². The maximum atomic E-state index is 13.8. The lowest BCUT2D eigenvalue weighted by Gasteiger charge is -2.32. The van der Waals surface area contributed by atoms with Gasteiger partial charge in [-0.3, -0.25) is 19.9 Å². The number of urea groups is 1. The SMILES string of the molecule is CCN1C(=O)NC(c2cccc(F)c2)C2=C1CN(CC(=O)NN1CCOCC1)C2=O. The van der Waals surface area contributed by atoms with Gasteiger partial charge in [-0.2, -0.15) is 0 Å². The molecule has 9 nitrogen and oxygen atoms in total. The molecule has 4 rings (SSSR count). The van der Waals surface area contributed by atoms with E-state index in [1.54, 1.807) is 11.1 Å². The summed E-state index contributed by atoms with van der Waals surface area (Å²) in [5, 5.41) is 4.56. The summed E-state index contributed by atoms with van der Waals surface area (Å²) < 4.78 is 19.0. The van der Waals surface area contributed by atoms with E-state index in [4.69, 9.17) is 4.74 Å². The summed E-state index contributed by atoms with van der Waals surface area (Å²) in [4.78, 5) is 41.2. The summed E-state index contributed by atoms with van der Waals surface area (Å²) in [7, 11) is 0. The largest absolute Gasteiger partial charge is 0.379 e. The summed E-state index contributed by atoms with van der Waals surface area (Å²) in [6, 6.07) is 4.71. The quantitative estimate of drug-likeness (QED) is 0.722. The Bertz CT molecular complexity index is 899. The minimum atomic E-state index is -0.759. The summed E-state index contributed by atoms with van der Waals surface area (Å²) in [5.41, 5.74) is 4.21. The van der Waals surface area contributed by atoms with Crippen molar-refractivity contribution in [2.75, 3.05) is 45.9 Å². The Labute approximate surface area is 173 Å². The van der Waals surface area contributed by atoms with Crippen LogP contribution in [-0.2, 0) is 14.3 Å². The first kappa shape index (κ1) is 20.3. The average Bonchev–Trinajstić information content (AvgIpc) is 3.04. The van der Waals surface area contributed by atoms with Crippen molar-refractivity contribution in [1.82, 2.24) is 25.6 Å². The molecule has 30 heavy (non-hydrogen) atoms. The lowest BCUT2D eigenvalue weighted by atomic mass is 9.95. The zero-order valence-corrected chi connectivity index (χ0v) is 16.7. The van der Waals surface area contributed by atoms with E-state index in [1.165, 1.54) is 28.0 Å². The highest BCUT2D eigenvalue weighted by molar-refractivity contribution is 6.02.